The third kappa shape index (κ3) is 3.61. The van der Waals surface area contributed by atoms with Gasteiger partial charge in [-0.15, -0.1) is 0 Å². The van der Waals surface area contributed by atoms with Gasteiger partial charge in [-0.3, -0.25) is 4.90 Å². The van der Waals surface area contributed by atoms with Crippen molar-refractivity contribution in [2.24, 2.45) is 5.16 Å². The monoisotopic (exact) mass is 242 g/mol. The van der Waals surface area contributed by atoms with E-state index in [-0.39, 0.29) is 0 Å². The van der Waals surface area contributed by atoms with E-state index in [0.717, 1.165) is 43.8 Å². The van der Waals surface area contributed by atoms with Crippen LogP contribution in [-0.2, 0) is 0 Å². The molecule has 0 radical (unpaired) electrons. The normalized spacial score (nSPS) is 15.9. The van der Waals surface area contributed by atoms with Crippen molar-refractivity contribution in [3.05, 3.63) is 35.4 Å². The van der Waals surface area contributed by atoms with Crippen molar-refractivity contribution in [2.75, 3.05) is 19.6 Å². The number of rotatable bonds is 1. The Morgan fingerprint density at radius 2 is 1.89 bits per heavy atom. The second-order valence-electron chi connectivity index (χ2n) is 4.61. The van der Waals surface area contributed by atoms with Crippen LogP contribution in [0.2, 0.25) is 0 Å². The molecule has 0 amide bonds. The van der Waals surface area contributed by atoms with E-state index in [2.05, 4.69) is 53.1 Å². The molecule has 2 rings (SSSR count). The lowest BCUT2D eigenvalue weighted by atomic mass is 10.1. The molecule has 1 aliphatic heterocycles. The summed E-state index contributed by atoms with van der Waals surface area (Å²) >= 11 is 0. The van der Waals surface area contributed by atoms with Gasteiger partial charge in [-0.25, -0.2) is 0 Å². The fourth-order valence-electron chi connectivity index (χ4n) is 1.96. The van der Waals surface area contributed by atoms with Crippen LogP contribution >= 0.6 is 0 Å². The summed E-state index contributed by atoms with van der Waals surface area (Å²) in [6, 6.07) is 8.26. The summed E-state index contributed by atoms with van der Waals surface area (Å²) in [6.45, 7) is 4.72. The van der Waals surface area contributed by atoms with Crippen LogP contribution in [0.5, 0.6) is 0 Å². The van der Waals surface area contributed by atoms with E-state index in [4.69, 9.17) is 5.21 Å². The summed E-state index contributed by atoms with van der Waals surface area (Å²) in [6.07, 6.45) is 1.70. The number of hydrogen-bond acceptors (Lipinski definition) is 3. The van der Waals surface area contributed by atoms with E-state index >= 15 is 0 Å². The number of likely N-dealkylation sites (tertiary alicyclic amines) is 1. The molecule has 0 saturated carbocycles. The van der Waals surface area contributed by atoms with E-state index in [1.54, 1.807) is 0 Å². The largest absolute Gasteiger partial charge is 0.411 e. The van der Waals surface area contributed by atoms with Gasteiger partial charge in [0, 0.05) is 31.5 Å². The molecule has 1 saturated heterocycles. The fourth-order valence-corrected chi connectivity index (χ4v) is 1.96. The van der Waals surface area contributed by atoms with Gasteiger partial charge < -0.3 is 5.21 Å². The highest BCUT2D eigenvalue weighted by Gasteiger charge is 2.13. The highest BCUT2D eigenvalue weighted by molar-refractivity contribution is 5.84. The highest BCUT2D eigenvalue weighted by Crippen LogP contribution is 2.06. The van der Waals surface area contributed by atoms with Crippen molar-refractivity contribution in [2.45, 2.75) is 19.8 Å². The average Bonchev–Trinajstić information content (AvgIpc) is 2.42. The number of piperidine rings is 1. The van der Waals surface area contributed by atoms with Crippen molar-refractivity contribution in [1.29, 1.82) is 0 Å². The van der Waals surface area contributed by atoms with Crippen LogP contribution in [-0.4, -0.2) is 35.5 Å². The first-order valence-electron chi connectivity index (χ1n) is 6.25. The highest BCUT2D eigenvalue weighted by atomic mass is 16.4. The molecule has 1 aliphatic rings. The van der Waals surface area contributed by atoms with E-state index in [0.29, 0.717) is 0 Å². The summed E-state index contributed by atoms with van der Waals surface area (Å²) in [5.41, 5.74) is 3.22. The van der Waals surface area contributed by atoms with Crippen LogP contribution in [0.25, 0.3) is 0 Å². The Labute approximate surface area is 108 Å². The maximum absolute atomic E-state index is 8.67. The van der Waals surface area contributed by atoms with Crippen molar-refractivity contribution < 1.29 is 5.21 Å². The molecule has 0 aliphatic carbocycles. The Hall–Kier alpha value is -1.79. The molecular weight excluding hydrogens is 224 g/mol. The standard InChI is InChI=1S/C15H18N2O/c1-13-4-6-14(7-5-13)3-2-10-17-11-8-15(16-18)9-12-17/h4-7,18H,8-12H2,1H3. The topological polar surface area (TPSA) is 35.8 Å². The Bertz CT molecular complexity index is 469. The summed E-state index contributed by atoms with van der Waals surface area (Å²) in [5, 5.41) is 11.9. The molecular formula is C15H18N2O. The molecule has 1 heterocycles. The zero-order valence-corrected chi connectivity index (χ0v) is 10.7. The number of benzene rings is 1. The molecule has 3 heteroatoms. The Balaban J connectivity index is 1.84. The van der Waals surface area contributed by atoms with Gasteiger partial charge in [0.2, 0.25) is 0 Å². The van der Waals surface area contributed by atoms with Gasteiger partial charge in [-0.2, -0.15) is 0 Å². The summed E-state index contributed by atoms with van der Waals surface area (Å²) < 4.78 is 0. The van der Waals surface area contributed by atoms with Crippen LogP contribution in [0.4, 0.5) is 0 Å². The van der Waals surface area contributed by atoms with Crippen LogP contribution < -0.4 is 0 Å². The van der Waals surface area contributed by atoms with Gasteiger partial charge in [0.15, 0.2) is 0 Å². The molecule has 1 N–H and O–H groups in total. The second-order valence-corrected chi connectivity index (χ2v) is 4.61. The lowest BCUT2D eigenvalue weighted by Crippen LogP contribution is -2.34. The molecule has 1 fully saturated rings. The molecule has 0 unspecified atom stereocenters. The van der Waals surface area contributed by atoms with Crippen LogP contribution in [0.1, 0.15) is 24.0 Å². The summed E-state index contributed by atoms with van der Waals surface area (Å²) in [5.74, 6) is 6.37. The zero-order chi connectivity index (χ0) is 12.8. The molecule has 3 nitrogen and oxygen atoms in total. The molecule has 1 aromatic carbocycles. The first-order chi connectivity index (χ1) is 8.78. The quantitative estimate of drug-likeness (QED) is 0.466. The molecule has 94 valence electrons. The first-order valence-corrected chi connectivity index (χ1v) is 6.25. The maximum Gasteiger partial charge on any atom is 0.0605 e. The van der Waals surface area contributed by atoms with E-state index in [1.165, 1.54) is 5.56 Å². The van der Waals surface area contributed by atoms with Crippen molar-refractivity contribution in [3.63, 3.8) is 0 Å². The lowest BCUT2D eigenvalue weighted by molar-refractivity contribution is 0.285. The predicted octanol–water partition coefficient (Wildman–Crippen LogP) is 2.27. The molecule has 0 atom stereocenters. The zero-order valence-electron chi connectivity index (χ0n) is 10.7. The van der Waals surface area contributed by atoms with Crippen molar-refractivity contribution in [3.8, 4) is 11.8 Å². The van der Waals surface area contributed by atoms with E-state index < -0.39 is 0 Å². The fraction of sp³-hybridized carbons (Fsp3) is 0.400. The minimum Gasteiger partial charge on any atom is -0.411 e. The second kappa shape index (κ2) is 6.23. The van der Waals surface area contributed by atoms with Crippen molar-refractivity contribution in [1.82, 2.24) is 4.90 Å². The average molecular weight is 242 g/mol. The SMILES string of the molecule is Cc1ccc(C#CCN2CCC(=NO)CC2)cc1. The van der Waals surface area contributed by atoms with Crippen LogP contribution in [0.15, 0.2) is 29.4 Å². The lowest BCUT2D eigenvalue weighted by Gasteiger charge is -2.24. The molecule has 0 spiro atoms. The van der Waals surface area contributed by atoms with E-state index in [9.17, 15) is 0 Å². The smallest absolute Gasteiger partial charge is 0.0605 e. The Morgan fingerprint density at radius 1 is 1.22 bits per heavy atom. The number of nitrogens with zero attached hydrogens (tertiary/aromatic N) is 2. The minimum atomic E-state index is 0.784. The Morgan fingerprint density at radius 3 is 2.50 bits per heavy atom. The minimum absolute atomic E-state index is 0.784. The number of aryl methyl sites for hydroxylation is 1. The first kappa shape index (κ1) is 12.7. The Kier molecular flexibility index (Phi) is 4.38. The third-order valence-electron chi connectivity index (χ3n) is 3.16. The third-order valence-corrected chi connectivity index (χ3v) is 3.16. The number of oxime groups is 1. The van der Waals surface area contributed by atoms with E-state index in [1.807, 2.05) is 0 Å². The van der Waals surface area contributed by atoms with Crippen LogP contribution in [0, 0.1) is 18.8 Å². The predicted molar refractivity (Wildman–Crippen MR) is 73.0 cm³/mol. The van der Waals surface area contributed by atoms with Crippen molar-refractivity contribution >= 4 is 5.71 Å². The van der Waals surface area contributed by atoms with Gasteiger partial charge in [0.05, 0.1) is 12.3 Å². The number of hydrogen-bond donors (Lipinski definition) is 1. The van der Waals surface area contributed by atoms with Gasteiger partial charge >= 0.3 is 0 Å². The van der Waals surface area contributed by atoms with Gasteiger partial charge in [-0.05, 0) is 19.1 Å². The van der Waals surface area contributed by atoms with Crippen LogP contribution in [0.3, 0.4) is 0 Å². The maximum atomic E-state index is 8.67. The molecule has 1 aromatic rings. The molecule has 18 heavy (non-hydrogen) atoms. The van der Waals surface area contributed by atoms with Gasteiger partial charge in [0.25, 0.3) is 0 Å². The molecule has 0 aromatic heterocycles. The van der Waals surface area contributed by atoms with Gasteiger partial charge in [-0.1, -0.05) is 34.7 Å². The summed E-state index contributed by atoms with van der Waals surface area (Å²) in [7, 11) is 0. The summed E-state index contributed by atoms with van der Waals surface area (Å²) in [4.78, 5) is 2.29. The van der Waals surface area contributed by atoms with Gasteiger partial charge in [0.1, 0.15) is 0 Å². The molecule has 0 bridgehead atoms.